The standard InChI is InChI=1S/6FH.H3N.P/h6*1H;1H3;. The maximum atomic E-state index is 0. The zero-order chi connectivity index (χ0) is 0. The molecule has 0 atom stereocenters. The lowest BCUT2D eigenvalue weighted by molar-refractivity contribution is 1.11. The molecule has 8 heteroatoms. The molecule has 0 bridgehead atoms. The van der Waals surface area contributed by atoms with Crippen LogP contribution in [-0.2, 0) is 0 Å². The molecule has 0 aromatic carbocycles. The third-order valence-corrected chi connectivity index (χ3v) is 0. The van der Waals surface area contributed by atoms with Crippen molar-refractivity contribution in [3.63, 3.8) is 0 Å². The van der Waals surface area contributed by atoms with E-state index < -0.39 is 0 Å². The van der Waals surface area contributed by atoms with Crippen LogP contribution in [0.4, 0.5) is 28.2 Å². The molecule has 61 valence electrons. The van der Waals surface area contributed by atoms with Crippen molar-refractivity contribution in [3.8, 4) is 0 Å². The van der Waals surface area contributed by atoms with Crippen LogP contribution >= 0.6 is 9.90 Å². The molecule has 0 aliphatic carbocycles. The lowest BCUT2D eigenvalue weighted by Crippen LogP contribution is -0.481. The molecule has 0 aromatic rings. The average Bonchev–Trinajstić information content (AvgIpc) is 0. The second-order valence-corrected chi connectivity index (χ2v) is 0. The Morgan fingerprint density at radius 3 is 0.375 bits per heavy atom. The zero-order valence-electron chi connectivity index (χ0n) is 3.60. The molecule has 0 aromatic heterocycles. The maximum absolute atomic E-state index is 0. The molecule has 0 saturated heterocycles. The minimum atomic E-state index is 0. The van der Waals surface area contributed by atoms with Gasteiger partial charge in [0.25, 0.3) is 0 Å². The van der Waals surface area contributed by atoms with E-state index >= 15 is 0 Å². The monoisotopic (exact) mass is 168 g/mol. The molecule has 3 N–H and O–H groups in total. The van der Waals surface area contributed by atoms with Gasteiger partial charge in [-0.05, 0) is 0 Å². The average molecular weight is 168 g/mol. The highest BCUT2D eigenvalue weighted by molar-refractivity contribution is 6.92. The van der Waals surface area contributed by atoms with Gasteiger partial charge in [-0.15, -0.1) is 0 Å². The quantitative estimate of drug-likeness (QED) is 0.435. The molecule has 1 nitrogen and oxygen atoms in total. The van der Waals surface area contributed by atoms with E-state index in [1.54, 1.807) is 0 Å². The van der Waals surface area contributed by atoms with Gasteiger partial charge in [-0.2, -0.15) is 0 Å². The largest absolute Gasteiger partial charge is 0.344 e. The van der Waals surface area contributed by atoms with Crippen molar-refractivity contribution in [3.05, 3.63) is 0 Å². The highest BCUT2D eigenvalue weighted by atomic mass is 31.0. The van der Waals surface area contributed by atoms with Gasteiger partial charge in [0, 0.05) is 9.90 Å². The first-order chi connectivity index (χ1) is 0. The van der Waals surface area contributed by atoms with Crippen molar-refractivity contribution in [1.29, 1.82) is 0 Å². The van der Waals surface area contributed by atoms with Crippen LogP contribution < -0.4 is 6.15 Å². The number of halogens is 6. The topological polar surface area (TPSA) is 35.0 Å². The van der Waals surface area contributed by atoms with E-state index in [1.807, 2.05) is 0 Å². The molecule has 0 unspecified atom stereocenters. The molecule has 0 rings (SSSR count). The fourth-order valence-electron chi connectivity index (χ4n) is 0. The summed E-state index contributed by atoms with van der Waals surface area (Å²) in [5.41, 5.74) is 0. The summed E-state index contributed by atoms with van der Waals surface area (Å²) >= 11 is 0. The minimum Gasteiger partial charge on any atom is -0.344 e. The summed E-state index contributed by atoms with van der Waals surface area (Å²) in [7, 11) is 0. The predicted molar refractivity (Wildman–Crippen MR) is 27.0 cm³/mol. The smallest absolute Gasteiger partial charge is 0 e. The van der Waals surface area contributed by atoms with Crippen LogP contribution in [-0.4, -0.2) is 0 Å². The molecule has 0 fully saturated rings. The van der Waals surface area contributed by atoms with Crippen LogP contribution in [0.15, 0.2) is 0 Å². The van der Waals surface area contributed by atoms with Crippen molar-refractivity contribution in [2.45, 2.75) is 0 Å². The van der Waals surface area contributed by atoms with Crippen LogP contribution in [0.5, 0.6) is 0 Å². The van der Waals surface area contributed by atoms with Gasteiger partial charge in [-0.25, -0.2) is 0 Å². The zero-order valence-corrected chi connectivity index (χ0v) is 4.50. The fourth-order valence-corrected chi connectivity index (χ4v) is 0. The highest BCUT2D eigenvalue weighted by Crippen LogP contribution is 0.861. The predicted octanol–water partition coefficient (Wildman–Crippen LogP) is 1.94. The van der Waals surface area contributed by atoms with E-state index in [0.29, 0.717) is 0 Å². The van der Waals surface area contributed by atoms with E-state index in [4.69, 9.17) is 0 Å². The molecule has 3 radical (unpaired) electrons. The Hall–Kier alpha value is -0.0300. The molecular formula is H9F6NP. The van der Waals surface area contributed by atoms with Crippen molar-refractivity contribution in [1.82, 2.24) is 6.15 Å². The van der Waals surface area contributed by atoms with Gasteiger partial charge in [0.05, 0.1) is 0 Å². The third-order valence-electron chi connectivity index (χ3n) is 0. The fraction of sp³-hybridized carbons (Fsp3) is 0. The van der Waals surface area contributed by atoms with Gasteiger partial charge < -0.3 is 6.15 Å². The van der Waals surface area contributed by atoms with Crippen LogP contribution in [0.25, 0.3) is 0 Å². The lowest BCUT2D eigenvalue weighted by atomic mass is 14.0. The first kappa shape index (κ1) is 430000. The van der Waals surface area contributed by atoms with Crippen LogP contribution in [0, 0.1) is 0 Å². The first-order valence-corrected chi connectivity index (χ1v) is 0. The third kappa shape index (κ3) is 164000. The number of rotatable bonds is 0. The summed E-state index contributed by atoms with van der Waals surface area (Å²) in [6.07, 6.45) is 0. The van der Waals surface area contributed by atoms with Gasteiger partial charge in [0.2, 0.25) is 0 Å². The molecule has 0 aliphatic rings. The molecule has 8 heavy (non-hydrogen) atoms. The van der Waals surface area contributed by atoms with Crippen molar-refractivity contribution in [2.75, 3.05) is 0 Å². The molecule has 0 saturated carbocycles. The van der Waals surface area contributed by atoms with Crippen molar-refractivity contribution < 1.29 is 28.2 Å². The maximum Gasteiger partial charge on any atom is 0 e. The van der Waals surface area contributed by atoms with Crippen LogP contribution in [0.2, 0.25) is 0 Å². The minimum absolute atomic E-state index is 0. The molecule has 0 heterocycles. The summed E-state index contributed by atoms with van der Waals surface area (Å²) in [4.78, 5) is 0. The van der Waals surface area contributed by atoms with E-state index in [1.165, 1.54) is 0 Å². The first-order valence-electron chi connectivity index (χ1n) is 0. The van der Waals surface area contributed by atoms with Crippen molar-refractivity contribution >= 4 is 9.90 Å². The Labute approximate surface area is 45.6 Å². The van der Waals surface area contributed by atoms with Crippen molar-refractivity contribution in [2.24, 2.45) is 0 Å². The summed E-state index contributed by atoms with van der Waals surface area (Å²) in [5.74, 6) is 0. The second kappa shape index (κ2) is 276000. The Bertz CT molecular complexity index is 8.49. The Balaban J connectivity index is 0. The molecule has 0 aliphatic heterocycles. The van der Waals surface area contributed by atoms with Gasteiger partial charge in [0.1, 0.15) is 0 Å². The lowest BCUT2D eigenvalue weighted by Gasteiger charge is -0.344. The summed E-state index contributed by atoms with van der Waals surface area (Å²) in [6.45, 7) is 0. The van der Waals surface area contributed by atoms with E-state index in [0.717, 1.165) is 0 Å². The van der Waals surface area contributed by atoms with Gasteiger partial charge in [0.15, 0.2) is 0 Å². The Morgan fingerprint density at radius 2 is 0.375 bits per heavy atom. The Morgan fingerprint density at radius 1 is 0.375 bits per heavy atom. The number of hydrogen-bond acceptors (Lipinski definition) is 1. The molecule has 0 spiro atoms. The summed E-state index contributed by atoms with van der Waals surface area (Å²) in [5, 5.41) is 0. The van der Waals surface area contributed by atoms with Gasteiger partial charge in [-0.1, -0.05) is 0 Å². The Kier molecular flexibility index (Phi) is 14800000000. The normalized spacial score (nSPS) is 0. The summed E-state index contributed by atoms with van der Waals surface area (Å²) < 4.78 is 0. The second-order valence-electron chi connectivity index (χ2n) is 0. The van der Waals surface area contributed by atoms with E-state index in [9.17, 15) is 0 Å². The molecular weight excluding hydrogens is 159 g/mol. The van der Waals surface area contributed by atoms with Crippen LogP contribution in [0.1, 0.15) is 0 Å². The highest BCUT2D eigenvalue weighted by Gasteiger charge is 0.0000258. The van der Waals surface area contributed by atoms with E-state index in [2.05, 4.69) is 0 Å². The van der Waals surface area contributed by atoms with Gasteiger partial charge in [-0.3, -0.25) is 28.2 Å². The SMILES string of the molecule is F.F.F.F.F.F.N.[P]. The van der Waals surface area contributed by atoms with Gasteiger partial charge >= 0.3 is 0 Å². The molecule has 0 amide bonds. The van der Waals surface area contributed by atoms with E-state index in [-0.39, 0.29) is 44.3 Å². The van der Waals surface area contributed by atoms with Crippen LogP contribution in [0.3, 0.4) is 0 Å². The number of hydrogen-bond donors (Lipinski definition) is 1. The summed E-state index contributed by atoms with van der Waals surface area (Å²) in [6, 6.07) is 0.